The van der Waals surface area contributed by atoms with Crippen molar-refractivity contribution in [1.29, 1.82) is 0 Å². The van der Waals surface area contributed by atoms with Crippen LogP contribution in [0.25, 0.3) is 0 Å². The van der Waals surface area contributed by atoms with E-state index in [0.717, 1.165) is 26.1 Å². The summed E-state index contributed by atoms with van der Waals surface area (Å²) in [5, 5.41) is 0. The quantitative estimate of drug-likeness (QED) is 0.553. The number of unbranched alkanes of at least 4 members (excludes halogenated alkanes) is 2. The summed E-state index contributed by atoms with van der Waals surface area (Å²) in [5.41, 5.74) is -0.453. The van der Waals surface area contributed by atoms with Crippen LogP contribution in [-0.2, 0) is 9.47 Å². The summed E-state index contributed by atoms with van der Waals surface area (Å²) in [6.45, 7) is 14.5. The zero-order valence-corrected chi connectivity index (χ0v) is 12.1. The van der Waals surface area contributed by atoms with Gasteiger partial charge in [0, 0.05) is 13.2 Å². The van der Waals surface area contributed by atoms with Gasteiger partial charge in [-0.25, -0.2) is 0 Å². The molecule has 0 rings (SSSR count). The van der Waals surface area contributed by atoms with E-state index < -0.39 is 0 Å². The third kappa shape index (κ3) is 5.31. The van der Waals surface area contributed by atoms with E-state index >= 15 is 0 Å². The average molecular weight is 230 g/mol. The summed E-state index contributed by atoms with van der Waals surface area (Å²) in [7, 11) is 0. The van der Waals surface area contributed by atoms with Gasteiger partial charge in [0.15, 0.2) is 0 Å². The van der Waals surface area contributed by atoms with Crippen molar-refractivity contribution < 1.29 is 9.47 Å². The monoisotopic (exact) mass is 230 g/mol. The second-order valence-electron chi connectivity index (χ2n) is 5.42. The Morgan fingerprint density at radius 3 is 1.25 bits per heavy atom. The van der Waals surface area contributed by atoms with E-state index in [1.165, 1.54) is 12.8 Å². The van der Waals surface area contributed by atoms with Crippen molar-refractivity contribution in [3.8, 4) is 0 Å². The zero-order chi connectivity index (χ0) is 12.7. The van der Waals surface area contributed by atoms with Gasteiger partial charge in [0.2, 0.25) is 0 Å². The Balaban J connectivity index is 4.11. The van der Waals surface area contributed by atoms with Crippen LogP contribution in [0.4, 0.5) is 0 Å². The molecule has 0 atom stereocenters. The highest BCUT2D eigenvalue weighted by Gasteiger charge is 2.38. The Hall–Kier alpha value is -0.0800. The lowest BCUT2D eigenvalue weighted by molar-refractivity contribution is -0.176. The summed E-state index contributed by atoms with van der Waals surface area (Å²) in [6, 6.07) is 0. The summed E-state index contributed by atoms with van der Waals surface area (Å²) < 4.78 is 11.9. The van der Waals surface area contributed by atoms with Crippen LogP contribution in [0.2, 0.25) is 0 Å². The summed E-state index contributed by atoms with van der Waals surface area (Å²) in [6.07, 6.45) is 4.59. The molecule has 0 amide bonds. The van der Waals surface area contributed by atoms with E-state index in [2.05, 4.69) is 41.5 Å². The van der Waals surface area contributed by atoms with Gasteiger partial charge in [-0.15, -0.1) is 0 Å². The molecular formula is C14H30O2. The van der Waals surface area contributed by atoms with E-state index in [4.69, 9.17) is 9.47 Å². The third-order valence-electron chi connectivity index (χ3n) is 3.37. The second-order valence-corrected chi connectivity index (χ2v) is 5.42. The van der Waals surface area contributed by atoms with Gasteiger partial charge in [-0.3, -0.25) is 0 Å². The molecule has 16 heavy (non-hydrogen) atoms. The fourth-order valence-electron chi connectivity index (χ4n) is 1.29. The van der Waals surface area contributed by atoms with Crippen molar-refractivity contribution >= 4 is 0 Å². The van der Waals surface area contributed by atoms with Crippen LogP contribution in [0.1, 0.15) is 67.2 Å². The lowest BCUT2D eigenvalue weighted by Crippen LogP contribution is -2.49. The van der Waals surface area contributed by atoms with E-state index in [1.54, 1.807) is 0 Å². The maximum absolute atomic E-state index is 5.94. The predicted octanol–water partition coefficient (Wildman–Crippen LogP) is 4.18. The smallest absolute Gasteiger partial charge is 0.0909 e. The highest BCUT2D eigenvalue weighted by Crippen LogP contribution is 2.29. The lowest BCUT2D eigenvalue weighted by Gasteiger charge is -2.41. The molecule has 0 aliphatic rings. The van der Waals surface area contributed by atoms with Gasteiger partial charge < -0.3 is 9.47 Å². The Morgan fingerprint density at radius 2 is 1.00 bits per heavy atom. The van der Waals surface area contributed by atoms with Crippen molar-refractivity contribution in [2.75, 3.05) is 13.2 Å². The first-order chi connectivity index (χ1) is 7.37. The Bertz CT molecular complexity index is 154. The van der Waals surface area contributed by atoms with Crippen molar-refractivity contribution in [3.63, 3.8) is 0 Å². The molecule has 0 unspecified atom stereocenters. The molecule has 2 nitrogen and oxygen atoms in total. The minimum absolute atomic E-state index is 0.226. The molecule has 0 aromatic rings. The van der Waals surface area contributed by atoms with Crippen LogP contribution in [0.5, 0.6) is 0 Å². The largest absolute Gasteiger partial charge is 0.373 e. The normalized spacial score (nSPS) is 13.1. The van der Waals surface area contributed by atoms with E-state index in [9.17, 15) is 0 Å². The summed E-state index contributed by atoms with van der Waals surface area (Å²) in [4.78, 5) is 0. The molecule has 0 fully saturated rings. The molecule has 0 N–H and O–H groups in total. The molecule has 0 radical (unpaired) electrons. The first-order valence-electron chi connectivity index (χ1n) is 6.65. The molecule has 0 spiro atoms. The van der Waals surface area contributed by atoms with Crippen LogP contribution in [0.15, 0.2) is 0 Å². The van der Waals surface area contributed by atoms with E-state index in [1.807, 2.05) is 0 Å². The number of ether oxygens (including phenoxy) is 2. The minimum Gasteiger partial charge on any atom is -0.373 e. The minimum atomic E-state index is -0.226. The van der Waals surface area contributed by atoms with Crippen molar-refractivity contribution in [1.82, 2.24) is 0 Å². The molecule has 0 bridgehead atoms. The average Bonchev–Trinajstić information content (AvgIpc) is 2.18. The van der Waals surface area contributed by atoms with Gasteiger partial charge in [0.05, 0.1) is 11.2 Å². The molecule has 0 saturated carbocycles. The number of rotatable bonds is 9. The van der Waals surface area contributed by atoms with Crippen molar-refractivity contribution in [2.24, 2.45) is 0 Å². The van der Waals surface area contributed by atoms with E-state index in [-0.39, 0.29) is 11.2 Å². The lowest BCUT2D eigenvalue weighted by atomic mass is 9.89. The number of hydrogen-bond donors (Lipinski definition) is 0. The fourth-order valence-corrected chi connectivity index (χ4v) is 1.29. The van der Waals surface area contributed by atoms with Crippen LogP contribution >= 0.6 is 0 Å². The topological polar surface area (TPSA) is 18.5 Å². The maximum atomic E-state index is 5.94. The Morgan fingerprint density at radius 1 is 0.688 bits per heavy atom. The van der Waals surface area contributed by atoms with Gasteiger partial charge in [-0.2, -0.15) is 0 Å². The predicted molar refractivity (Wildman–Crippen MR) is 69.9 cm³/mol. The molecule has 2 heteroatoms. The van der Waals surface area contributed by atoms with Crippen molar-refractivity contribution in [3.05, 3.63) is 0 Å². The van der Waals surface area contributed by atoms with Gasteiger partial charge in [0.1, 0.15) is 0 Å². The molecule has 0 saturated heterocycles. The second kappa shape index (κ2) is 7.29. The molecule has 0 aliphatic heterocycles. The zero-order valence-electron chi connectivity index (χ0n) is 12.1. The van der Waals surface area contributed by atoms with Crippen LogP contribution in [0.3, 0.4) is 0 Å². The van der Waals surface area contributed by atoms with Crippen LogP contribution in [0, 0.1) is 0 Å². The van der Waals surface area contributed by atoms with Crippen molar-refractivity contribution in [2.45, 2.75) is 78.4 Å². The fraction of sp³-hybridized carbons (Fsp3) is 1.00. The highest BCUT2D eigenvalue weighted by molar-refractivity contribution is 4.89. The van der Waals surface area contributed by atoms with Gasteiger partial charge in [-0.1, -0.05) is 26.7 Å². The maximum Gasteiger partial charge on any atom is 0.0909 e. The summed E-state index contributed by atoms with van der Waals surface area (Å²) >= 11 is 0. The molecule has 0 heterocycles. The van der Waals surface area contributed by atoms with Gasteiger partial charge >= 0.3 is 0 Å². The molecule has 0 aromatic heterocycles. The Labute approximate surface area is 102 Å². The van der Waals surface area contributed by atoms with Gasteiger partial charge in [-0.05, 0) is 40.5 Å². The van der Waals surface area contributed by atoms with E-state index in [0.29, 0.717) is 0 Å². The summed E-state index contributed by atoms with van der Waals surface area (Å²) in [5.74, 6) is 0. The Kier molecular flexibility index (Phi) is 7.25. The standard InChI is InChI=1S/C14H30O2/c1-7-9-11-15-13(3,4)14(5,6)16-12-10-8-2/h7-12H2,1-6H3. The molecule has 0 aromatic carbocycles. The first-order valence-corrected chi connectivity index (χ1v) is 6.65. The van der Waals surface area contributed by atoms with Crippen LogP contribution < -0.4 is 0 Å². The third-order valence-corrected chi connectivity index (χ3v) is 3.37. The highest BCUT2D eigenvalue weighted by atomic mass is 16.6. The van der Waals surface area contributed by atoms with Crippen LogP contribution in [-0.4, -0.2) is 24.4 Å². The SMILES string of the molecule is CCCCOC(C)(C)C(C)(C)OCCCC. The van der Waals surface area contributed by atoms with Gasteiger partial charge in [0.25, 0.3) is 0 Å². The number of hydrogen-bond acceptors (Lipinski definition) is 2. The molecule has 0 aliphatic carbocycles. The molecular weight excluding hydrogens is 200 g/mol. The first kappa shape index (κ1) is 15.9. The molecule has 98 valence electrons.